The highest BCUT2D eigenvalue weighted by Gasteiger charge is 2.32. The van der Waals surface area contributed by atoms with Crippen molar-refractivity contribution in [1.82, 2.24) is 10.2 Å². The predicted molar refractivity (Wildman–Crippen MR) is 125 cm³/mol. The van der Waals surface area contributed by atoms with Gasteiger partial charge in [0.15, 0.2) is 5.76 Å². The quantitative estimate of drug-likeness (QED) is 0.431. The van der Waals surface area contributed by atoms with Crippen LogP contribution in [0.2, 0.25) is 0 Å². The first-order valence-electron chi connectivity index (χ1n) is 12.4. The molecule has 1 unspecified atom stereocenters. The van der Waals surface area contributed by atoms with Crippen LogP contribution < -0.4 is 5.32 Å². The Morgan fingerprint density at radius 1 is 1.16 bits per heavy atom. The lowest BCUT2D eigenvalue weighted by atomic mass is 9.91. The highest BCUT2D eigenvalue weighted by Crippen LogP contribution is 2.35. The minimum Gasteiger partial charge on any atom is -0.481 e. The van der Waals surface area contributed by atoms with Crippen LogP contribution in [0.5, 0.6) is 0 Å². The predicted octanol–water partition coefficient (Wildman–Crippen LogP) is 5.87. The summed E-state index contributed by atoms with van der Waals surface area (Å²) in [5.41, 5.74) is 1.92. The van der Waals surface area contributed by atoms with Gasteiger partial charge in [-0.05, 0) is 56.8 Å². The summed E-state index contributed by atoms with van der Waals surface area (Å²) in [5.74, 6) is 0.426. The number of hydrogen-bond donors (Lipinski definition) is 2. The lowest BCUT2D eigenvalue weighted by molar-refractivity contribution is -0.140. The van der Waals surface area contributed by atoms with Crippen LogP contribution in [0.3, 0.4) is 0 Å². The highest BCUT2D eigenvalue weighted by molar-refractivity contribution is 5.73. The van der Waals surface area contributed by atoms with Crippen molar-refractivity contribution in [3.8, 4) is 0 Å². The molecule has 0 aromatic heterocycles. The van der Waals surface area contributed by atoms with Crippen LogP contribution in [0.25, 0.3) is 0 Å². The molecule has 5 nitrogen and oxygen atoms in total. The normalized spacial score (nSPS) is 22.1. The molecule has 0 amide bonds. The molecule has 3 aliphatic carbocycles. The van der Waals surface area contributed by atoms with Crippen molar-refractivity contribution in [2.75, 3.05) is 13.1 Å². The maximum atomic E-state index is 12.1. The van der Waals surface area contributed by atoms with Gasteiger partial charge in [-0.3, -0.25) is 4.79 Å². The van der Waals surface area contributed by atoms with Gasteiger partial charge in [-0.25, -0.2) is 0 Å². The van der Waals surface area contributed by atoms with Gasteiger partial charge in [-0.1, -0.05) is 45.6 Å². The fourth-order valence-electron chi connectivity index (χ4n) is 4.70. The van der Waals surface area contributed by atoms with Crippen LogP contribution in [0.1, 0.15) is 84.5 Å². The molecule has 0 saturated heterocycles. The number of aliphatic carboxylic acids is 1. The van der Waals surface area contributed by atoms with Gasteiger partial charge in [0.25, 0.3) is 0 Å². The molecule has 0 radical (unpaired) electrons. The van der Waals surface area contributed by atoms with Crippen molar-refractivity contribution in [3.05, 3.63) is 47.2 Å². The number of rotatable bonds is 11. The number of unbranched alkanes of at least 4 members (excludes halogenated alkanes) is 1. The Balaban J connectivity index is 1.97. The van der Waals surface area contributed by atoms with Crippen molar-refractivity contribution in [2.24, 2.45) is 5.92 Å². The van der Waals surface area contributed by atoms with Gasteiger partial charge in [-0.15, -0.1) is 0 Å². The van der Waals surface area contributed by atoms with Crippen LogP contribution in [0.4, 0.5) is 0 Å². The van der Waals surface area contributed by atoms with Crippen molar-refractivity contribution >= 4 is 5.97 Å². The first kappa shape index (κ1) is 23.5. The van der Waals surface area contributed by atoms with Crippen LogP contribution in [0, 0.1) is 5.92 Å². The molecule has 3 aliphatic rings. The van der Waals surface area contributed by atoms with Gasteiger partial charge < -0.3 is 20.1 Å². The number of ether oxygens (including phenoxy) is 1. The SMILES string of the molecule is CCCCN(CCC)C1=C(OC2=CCCC=C2)C(NC2CCCCC2)=CC(C(=O)O)C1. The Hall–Kier alpha value is -2.17. The van der Waals surface area contributed by atoms with E-state index in [2.05, 4.69) is 36.2 Å². The third-order valence-electron chi connectivity index (χ3n) is 6.41. The second-order valence-electron chi connectivity index (χ2n) is 9.01. The largest absolute Gasteiger partial charge is 0.481 e. The second kappa shape index (κ2) is 12.0. The molecular weight excluding hydrogens is 388 g/mol. The molecule has 0 bridgehead atoms. The van der Waals surface area contributed by atoms with E-state index in [1.807, 2.05) is 12.2 Å². The minimum absolute atomic E-state index is 0.388. The molecule has 2 N–H and O–H groups in total. The first-order chi connectivity index (χ1) is 15.1. The van der Waals surface area contributed by atoms with Crippen LogP contribution >= 0.6 is 0 Å². The Labute approximate surface area is 187 Å². The minimum atomic E-state index is -0.761. The first-order valence-corrected chi connectivity index (χ1v) is 12.4. The van der Waals surface area contributed by atoms with Gasteiger partial charge in [0.05, 0.1) is 17.3 Å². The van der Waals surface area contributed by atoms with Gasteiger partial charge in [-0.2, -0.15) is 0 Å². The summed E-state index contributed by atoms with van der Waals surface area (Å²) in [4.78, 5) is 14.4. The molecule has 1 fully saturated rings. The van der Waals surface area contributed by atoms with E-state index in [4.69, 9.17) is 4.74 Å². The van der Waals surface area contributed by atoms with E-state index in [1.54, 1.807) is 0 Å². The van der Waals surface area contributed by atoms with E-state index in [1.165, 1.54) is 19.3 Å². The second-order valence-corrected chi connectivity index (χ2v) is 9.01. The van der Waals surface area contributed by atoms with E-state index in [-0.39, 0.29) is 0 Å². The zero-order valence-electron chi connectivity index (χ0n) is 19.4. The highest BCUT2D eigenvalue weighted by atomic mass is 16.5. The Morgan fingerprint density at radius 2 is 1.97 bits per heavy atom. The fraction of sp³-hybridized carbons (Fsp3) is 0.654. The van der Waals surface area contributed by atoms with E-state index in [0.717, 1.165) is 80.9 Å². The lowest BCUT2D eigenvalue weighted by Gasteiger charge is -2.36. The molecule has 172 valence electrons. The van der Waals surface area contributed by atoms with E-state index >= 15 is 0 Å². The molecule has 31 heavy (non-hydrogen) atoms. The Kier molecular flexibility index (Phi) is 9.11. The number of hydrogen-bond acceptors (Lipinski definition) is 4. The molecule has 0 aromatic rings. The monoisotopic (exact) mass is 428 g/mol. The lowest BCUT2D eigenvalue weighted by Crippen LogP contribution is -2.37. The third kappa shape index (κ3) is 6.65. The van der Waals surface area contributed by atoms with Crippen molar-refractivity contribution < 1.29 is 14.6 Å². The van der Waals surface area contributed by atoms with Crippen molar-refractivity contribution in [1.29, 1.82) is 0 Å². The topological polar surface area (TPSA) is 61.8 Å². The van der Waals surface area contributed by atoms with E-state index in [9.17, 15) is 9.90 Å². The maximum absolute atomic E-state index is 12.1. The molecular formula is C26H40N2O3. The molecule has 0 aromatic carbocycles. The van der Waals surface area contributed by atoms with Gasteiger partial charge >= 0.3 is 5.97 Å². The summed E-state index contributed by atoms with van der Waals surface area (Å²) in [6, 6.07) is 0.388. The van der Waals surface area contributed by atoms with Crippen LogP contribution in [-0.4, -0.2) is 35.1 Å². The molecule has 1 atom stereocenters. The summed E-state index contributed by atoms with van der Waals surface area (Å²) in [6.07, 6.45) is 20.0. The van der Waals surface area contributed by atoms with Crippen molar-refractivity contribution in [3.63, 3.8) is 0 Å². The summed E-state index contributed by atoms with van der Waals surface area (Å²) in [5, 5.41) is 13.6. The molecule has 0 heterocycles. The van der Waals surface area contributed by atoms with E-state index < -0.39 is 11.9 Å². The number of carboxylic acids is 1. The molecule has 5 heteroatoms. The number of nitrogens with zero attached hydrogens (tertiary/aromatic N) is 1. The number of carbonyl (C=O) groups is 1. The molecule has 3 rings (SSSR count). The molecule has 0 aliphatic heterocycles. The summed E-state index contributed by atoms with van der Waals surface area (Å²) in [6.45, 7) is 6.23. The number of nitrogens with one attached hydrogen (secondary N) is 1. The molecule has 0 spiro atoms. The van der Waals surface area contributed by atoms with Gasteiger partial charge in [0.1, 0.15) is 5.76 Å². The van der Waals surface area contributed by atoms with Crippen LogP contribution in [0.15, 0.2) is 47.2 Å². The summed E-state index contributed by atoms with van der Waals surface area (Å²) < 4.78 is 6.52. The van der Waals surface area contributed by atoms with Crippen molar-refractivity contribution in [2.45, 2.75) is 90.5 Å². The standard InChI is InChI=1S/C26H40N2O3/c1-3-5-17-28(16-4-2)24-19-20(26(29)30)18-23(27-21-12-8-6-9-13-21)25(24)31-22-14-10-7-11-15-22/h10,14-15,18,20-21,27H,3-9,11-13,16-17,19H2,1-2H3,(H,29,30). The fourth-order valence-corrected chi connectivity index (χ4v) is 4.70. The summed E-state index contributed by atoms with van der Waals surface area (Å²) >= 11 is 0. The van der Waals surface area contributed by atoms with Gasteiger partial charge in [0.2, 0.25) is 0 Å². The third-order valence-corrected chi connectivity index (χ3v) is 6.41. The average molecular weight is 429 g/mol. The smallest absolute Gasteiger partial charge is 0.310 e. The van der Waals surface area contributed by atoms with E-state index in [0.29, 0.717) is 12.5 Å². The zero-order valence-corrected chi connectivity index (χ0v) is 19.4. The Bertz CT molecular complexity index is 729. The summed E-state index contributed by atoms with van der Waals surface area (Å²) in [7, 11) is 0. The van der Waals surface area contributed by atoms with Crippen LogP contribution in [-0.2, 0) is 9.53 Å². The average Bonchev–Trinajstić information content (AvgIpc) is 2.79. The zero-order chi connectivity index (χ0) is 22.1. The number of allylic oxidation sites excluding steroid dienone is 4. The van der Waals surface area contributed by atoms with Gasteiger partial charge in [0, 0.05) is 25.6 Å². The molecule has 1 saturated carbocycles. The number of carboxylic acid groups (broad SMARTS) is 1. The maximum Gasteiger partial charge on any atom is 0.310 e. The Morgan fingerprint density at radius 3 is 2.61 bits per heavy atom.